The lowest BCUT2D eigenvalue weighted by atomic mass is 9.95. The molecular formula is C28H41N3O4. The Hall–Kier alpha value is -3.01. The maximum Gasteiger partial charge on any atom is 0.408 e. The lowest BCUT2D eigenvalue weighted by molar-refractivity contribution is -0.144. The average Bonchev–Trinajstić information content (AvgIpc) is 3.48. The number of hydrogen-bond acceptors (Lipinski definition) is 4. The van der Waals surface area contributed by atoms with Gasteiger partial charge in [-0.2, -0.15) is 0 Å². The Balaban J connectivity index is 2.51. The van der Waals surface area contributed by atoms with E-state index < -0.39 is 23.8 Å². The van der Waals surface area contributed by atoms with Crippen molar-refractivity contribution in [2.45, 2.75) is 98.0 Å². The van der Waals surface area contributed by atoms with E-state index in [-0.39, 0.29) is 35.7 Å². The molecule has 0 heterocycles. The SMILES string of the molecule is C#Cc1ccc(C(C(=O)NC(C)C)N(C(=O)C(NC(=O)OC(C)(C)C)C(C)CC)C2CC2C)cc1. The minimum Gasteiger partial charge on any atom is -0.444 e. The van der Waals surface area contributed by atoms with Crippen LogP contribution in [0.3, 0.4) is 0 Å². The highest BCUT2D eigenvalue weighted by Crippen LogP contribution is 2.41. The third-order valence-corrected chi connectivity index (χ3v) is 6.18. The van der Waals surface area contributed by atoms with E-state index in [1.807, 2.05) is 27.7 Å². The molecule has 35 heavy (non-hydrogen) atoms. The Kier molecular flexibility index (Phi) is 9.37. The summed E-state index contributed by atoms with van der Waals surface area (Å²) in [5.74, 6) is 2.12. The van der Waals surface area contributed by atoms with E-state index in [0.717, 1.165) is 6.42 Å². The first-order valence-corrected chi connectivity index (χ1v) is 12.5. The number of ether oxygens (including phenoxy) is 1. The number of carbonyl (C=O) groups excluding carboxylic acids is 3. The van der Waals surface area contributed by atoms with E-state index >= 15 is 0 Å². The molecule has 0 saturated heterocycles. The molecule has 1 saturated carbocycles. The molecular weight excluding hydrogens is 442 g/mol. The number of carbonyl (C=O) groups is 3. The van der Waals surface area contributed by atoms with Gasteiger partial charge in [0, 0.05) is 17.6 Å². The van der Waals surface area contributed by atoms with Crippen molar-refractivity contribution in [2.24, 2.45) is 11.8 Å². The zero-order chi connectivity index (χ0) is 26.5. The number of terminal acetylenes is 1. The first-order valence-electron chi connectivity index (χ1n) is 12.5. The summed E-state index contributed by atoms with van der Waals surface area (Å²) >= 11 is 0. The van der Waals surface area contributed by atoms with Gasteiger partial charge in [0.25, 0.3) is 0 Å². The van der Waals surface area contributed by atoms with Crippen LogP contribution >= 0.6 is 0 Å². The second kappa shape index (κ2) is 11.6. The Bertz CT molecular complexity index is 942. The molecule has 2 rings (SSSR count). The van der Waals surface area contributed by atoms with Crippen molar-refractivity contribution in [3.05, 3.63) is 35.4 Å². The molecule has 1 aliphatic rings. The summed E-state index contributed by atoms with van der Waals surface area (Å²) in [6, 6.07) is 5.25. The molecule has 3 amide bonds. The van der Waals surface area contributed by atoms with Crippen LogP contribution in [-0.2, 0) is 14.3 Å². The van der Waals surface area contributed by atoms with Crippen molar-refractivity contribution in [1.29, 1.82) is 0 Å². The van der Waals surface area contributed by atoms with Gasteiger partial charge in [-0.15, -0.1) is 6.42 Å². The molecule has 0 spiro atoms. The summed E-state index contributed by atoms with van der Waals surface area (Å²) in [5.41, 5.74) is 0.671. The standard InChI is InChI=1S/C28H41N3O4/c1-10-18(5)23(30-27(34)35-28(7,8)9)26(33)31(22-16-19(22)6)24(25(32)29-17(3)4)21-14-12-20(11-2)13-15-21/h2,12-15,17-19,22-24H,10,16H2,1,3-9H3,(H,29,32)(H,30,34). The maximum absolute atomic E-state index is 14.1. The van der Waals surface area contributed by atoms with Crippen LogP contribution in [0.1, 0.15) is 85.4 Å². The fourth-order valence-electron chi connectivity index (χ4n) is 4.01. The number of hydrogen-bond donors (Lipinski definition) is 2. The van der Waals surface area contributed by atoms with Crippen LogP contribution < -0.4 is 10.6 Å². The first-order chi connectivity index (χ1) is 16.3. The number of amides is 3. The minimum atomic E-state index is -0.848. The highest BCUT2D eigenvalue weighted by molar-refractivity contribution is 5.93. The van der Waals surface area contributed by atoms with Gasteiger partial charge in [0.15, 0.2) is 0 Å². The Labute approximate surface area is 210 Å². The zero-order valence-corrected chi connectivity index (χ0v) is 22.3. The van der Waals surface area contributed by atoms with Crippen LogP contribution in [0.25, 0.3) is 0 Å². The molecule has 5 unspecified atom stereocenters. The van der Waals surface area contributed by atoms with Crippen molar-refractivity contribution in [3.8, 4) is 12.3 Å². The molecule has 0 aromatic heterocycles. The number of nitrogens with zero attached hydrogens (tertiary/aromatic N) is 1. The summed E-state index contributed by atoms with van der Waals surface area (Å²) < 4.78 is 5.44. The van der Waals surface area contributed by atoms with Gasteiger partial charge in [-0.1, -0.05) is 45.2 Å². The fourth-order valence-corrected chi connectivity index (χ4v) is 4.01. The maximum atomic E-state index is 14.1. The molecule has 0 aliphatic heterocycles. The van der Waals surface area contributed by atoms with Gasteiger partial charge in [0.1, 0.15) is 17.7 Å². The molecule has 0 radical (unpaired) electrons. The number of rotatable bonds is 9. The Morgan fingerprint density at radius 2 is 1.71 bits per heavy atom. The summed E-state index contributed by atoms with van der Waals surface area (Å²) in [6.07, 6.45) is 6.32. The van der Waals surface area contributed by atoms with Crippen LogP contribution in [-0.4, -0.2) is 46.5 Å². The van der Waals surface area contributed by atoms with Gasteiger partial charge >= 0.3 is 6.09 Å². The predicted octanol–water partition coefficient (Wildman–Crippen LogP) is 4.41. The van der Waals surface area contributed by atoms with Crippen LogP contribution in [0.4, 0.5) is 4.79 Å². The van der Waals surface area contributed by atoms with E-state index in [0.29, 0.717) is 17.5 Å². The quantitative estimate of drug-likeness (QED) is 0.509. The van der Waals surface area contributed by atoms with Gasteiger partial charge in [0.05, 0.1) is 0 Å². The summed E-state index contributed by atoms with van der Waals surface area (Å²) in [4.78, 5) is 42.0. The minimum absolute atomic E-state index is 0.103. The lowest BCUT2D eigenvalue weighted by Crippen LogP contribution is -2.56. The molecule has 0 bridgehead atoms. The predicted molar refractivity (Wildman–Crippen MR) is 137 cm³/mol. The first kappa shape index (κ1) is 28.2. The van der Waals surface area contributed by atoms with E-state index in [9.17, 15) is 14.4 Å². The van der Waals surface area contributed by atoms with Gasteiger partial charge in [-0.3, -0.25) is 9.59 Å². The van der Waals surface area contributed by atoms with Crippen molar-refractivity contribution >= 4 is 17.9 Å². The largest absolute Gasteiger partial charge is 0.444 e. The van der Waals surface area contributed by atoms with Crippen molar-refractivity contribution in [1.82, 2.24) is 15.5 Å². The monoisotopic (exact) mass is 483 g/mol. The van der Waals surface area contributed by atoms with Crippen LogP contribution in [0.15, 0.2) is 24.3 Å². The van der Waals surface area contributed by atoms with E-state index in [2.05, 4.69) is 23.5 Å². The van der Waals surface area contributed by atoms with Gasteiger partial charge in [-0.25, -0.2) is 4.79 Å². The highest BCUT2D eigenvalue weighted by Gasteiger charge is 2.48. The molecule has 5 atom stereocenters. The summed E-state index contributed by atoms with van der Waals surface area (Å²) in [7, 11) is 0. The highest BCUT2D eigenvalue weighted by atomic mass is 16.6. The molecule has 1 aromatic rings. The molecule has 7 nitrogen and oxygen atoms in total. The third-order valence-electron chi connectivity index (χ3n) is 6.18. The number of benzene rings is 1. The second-order valence-corrected chi connectivity index (χ2v) is 10.9. The van der Waals surface area contributed by atoms with Gasteiger partial charge in [-0.05, 0) is 70.6 Å². The summed E-state index contributed by atoms with van der Waals surface area (Å²) in [5, 5.41) is 5.77. The Morgan fingerprint density at radius 3 is 2.14 bits per heavy atom. The normalized spacial score (nSPS) is 19.7. The van der Waals surface area contributed by atoms with Crippen molar-refractivity contribution in [2.75, 3.05) is 0 Å². The second-order valence-electron chi connectivity index (χ2n) is 10.9. The zero-order valence-electron chi connectivity index (χ0n) is 22.3. The van der Waals surface area contributed by atoms with Crippen molar-refractivity contribution < 1.29 is 19.1 Å². The molecule has 2 N–H and O–H groups in total. The summed E-state index contributed by atoms with van der Waals surface area (Å²) in [6.45, 7) is 15.0. The average molecular weight is 484 g/mol. The van der Waals surface area contributed by atoms with Gasteiger partial charge in [0.2, 0.25) is 11.8 Å². The molecule has 192 valence electrons. The molecule has 1 fully saturated rings. The van der Waals surface area contributed by atoms with Crippen LogP contribution in [0.5, 0.6) is 0 Å². The van der Waals surface area contributed by atoms with Crippen LogP contribution in [0, 0.1) is 24.2 Å². The topological polar surface area (TPSA) is 87.7 Å². The third kappa shape index (κ3) is 7.74. The van der Waals surface area contributed by atoms with Gasteiger partial charge < -0.3 is 20.3 Å². The fraction of sp³-hybridized carbons (Fsp3) is 0.607. The lowest BCUT2D eigenvalue weighted by Gasteiger charge is -2.37. The smallest absolute Gasteiger partial charge is 0.408 e. The van der Waals surface area contributed by atoms with Crippen LogP contribution in [0.2, 0.25) is 0 Å². The van der Waals surface area contributed by atoms with E-state index in [1.165, 1.54) is 0 Å². The van der Waals surface area contributed by atoms with E-state index in [4.69, 9.17) is 11.2 Å². The molecule has 7 heteroatoms. The number of alkyl carbamates (subject to hydrolysis) is 1. The number of nitrogens with one attached hydrogen (secondary N) is 2. The van der Waals surface area contributed by atoms with Crippen molar-refractivity contribution in [3.63, 3.8) is 0 Å². The van der Waals surface area contributed by atoms with E-state index in [1.54, 1.807) is 49.9 Å². The molecule has 1 aromatic carbocycles. The Morgan fingerprint density at radius 1 is 1.14 bits per heavy atom. The molecule has 1 aliphatic carbocycles.